The van der Waals surface area contributed by atoms with E-state index in [9.17, 15) is 50.4 Å². The van der Waals surface area contributed by atoms with Crippen molar-refractivity contribution in [3.05, 3.63) is 52.6 Å². The highest BCUT2D eigenvalue weighted by Gasteiger charge is 2.62. The van der Waals surface area contributed by atoms with Gasteiger partial charge in [0, 0.05) is 11.5 Å². The van der Waals surface area contributed by atoms with Gasteiger partial charge in [-0.25, -0.2) is 4.79 Å². The number of ether oxygens (including phenoxy) is 7. The van der Waals surface area contributed by atoms with Crippen molar-refractivity contribution in [2.24, 2.45) is 5.92 Å². The number of aliphatic hydroxyl groups is 6. The van der Waals surface area contributed by atoms with Crippen LogP contribution < -0.4 is 9.47 Å². The SMILES string of the molecule is COc1cc2c(c(OC)c1O)C(c1ccc(O)cc1)C1C(=O)OC3C(O)C(COC(=O)C1=C2)OC3(CO)OC1OC(CO)C(O)C(O)C1O. The van der Waals surface area contributed by atoms with E-state index in [-0.39, 0.29) is 28.4 Å². The lowest BCUT2D eigenvalue weighted by molar-refractivity contribution is -0.383. The van der Waals surface area contributed by atoms with Crippen LogP contribution in [0.15, 0.2) is 35.9 Å². The van der Waals surface area contributed by atoms with Gasteiger partial charge in [-0.05, 0) is 35.4 Å². The van der Waals surface area contributed by atoms with Gasteiger partial charge in [0.1, 0.15) is 61.5 Å². The lowest BCUT2D eigenvalue weighted by atomic mass is 9.70. The quantitative estimate of drug-likeness (QED) is 0.146. The Labute approximate surface area is 278 Å². The third-order valence-electron chi connectivity index (χ3n) is 9.23. The molecule has 0 amide bonds. The number of fused-ring (bicyclic) bond motifs is 4. The predicted octanol–water partition coefficient (Wildman–Crippen LogP) is -2.01. The summed E-state index contributed by atoms with van der Waals surface area (Å²) in [6, 6.07) is 7.08. The Hall–Kier alpha value is -4.04. The molecule has 11 unspecified atom stereocenters. The molecular formula is C32H36O17. The molecule has 17 heteroatoms. The maximum atomic E-state index is 14.4. The molecule has 2 aromatic carbocycles. The van der Waals surface area contributed by atoms with Gasteiger partial charge in [0.05, 0.1) is 26.4 Å². The number of carbonyl (C=O) groups excluding carboxylic acids is 2. The number of hydrogen-bond donors (Lipinski definition) is 8. The van der Waals surface area contributed by atoms with Crippen LogP contribution in [0.1, 0.15) is 22.6 Å². The van der Waals surface area contributed by atoms with Crippen molar-refractivity contribution >= 4 is 18.0 Å². The Balaban J connectivity index is 1.47. The van der Waals surface area contributed by atoms with Crippen molar-refractivity contribution in [1.82, 2.24) is 0 Å². The molecule has 0 saturated carbocycles. The van der Waals surface area contributed by atoms with E-state index >= 15 is 0 Å². The maximum absolute atomic E-state index is 14.4. The van der Waals surface area contributed by atoms with Gasteiger partial charge in [0.15, 0.2) is 23.9 Å². The number of phenols is 2. The average Bonchev–Trinajstić information content (AvgIpc) is 3.35. The van der Waals surface area contributed by atoms with E-state index in [2.05, 4.69) is 0 Å². The zero-order valence-corrected chi connectivity index (χ0v) is 26.1. The minimum Gasteiger partial charge on any atom is -0.508 e. The molecule has 6 rings (SSSR count). The summed E-state index contributed by atoms with van der Waals surface area (Å²) in [5, 5.41) is 83.8. The fraction of sp³-hybridized carbons (Fsp3) is 0.500. The van der Waals surface area contributed by atoms with Crippen LogP contribution in [0.3, 0.4) is 0 Å². The highest BCUT2D eigenvalue weighted by atomic mass is 16.8. The number of cyclic esters (lactones) is 1. The number of rotatable bonds is 7. The standard InChI is InChI=1S/C32H36O17/c1-43-16-8-13-7-15-21(19(12-3-5-14(35)6-4-12)20(13)27(44-2)23(16)37)30(42)47-28-24(38)18(10-45-29(15)41)48-32(28,11-34)49-31-26(40)25(39)22(36)17(9-33)46-31/h3-8,17-19,21-22,24-26,28,31,33-40H,9-11H2,1-2H3. The Morgan fingerprint density at radius 1 is 0.918 bits per heavy atom. The predicted molar refractivity (Wildman–Crippen MR) is 159 cm³/mol. The molecule has 4 aliphatic rings. The number of aliphatic hydroxyl groups excluding tert-OH is 6. The fourth-order valence-electron chi connectivity index (χ4n) is 6.75. The third kappa shape index (κ3) is 5.76. The van der Waals surface area contributed by atoms with E-state index in [1.807, 2.05) is 0 Å². The van der Waals surface area contributed by atoms with Gasteiger partial charge in [0.25, 0.3) is 0 Å². The topological polar surface area (TPSA) is 261 Å². The first-order valence-corrected chi connectivity index (χ1v) is 15.2. The van der Waals surface area contributed by atoms with Gasteiger partial charge in [0.2, 0.25) is 11.5 Å². The molecule has 3 fully saturated rings. The van der Waals surface area contributed by atoms with Crippen LogP contribution in [0, 0.1) is 5.92 Å². The first-order valence-electron chi connectivity index (χ1n) is 15.2. The molecule has 1 aliphatic carbocycles. The van der Waals surface area contributed by atoms with Crippen LogP contribution in [-0.2, 0) is 33.3 Å². The smallest absolute Gasteiger partial charge is 0.335 e. The Morgan fingerprint density at radius 2 is 1.63 bits per heavy atom. The van der Waals surface area contributed by atoms with Crippen molar-refractivity contribution in [3.63, 3.8) is 0 Å². The highest BCUT2D eigenvalue weighted by Crippen LogP contribution is 2.53. The summed E-state index contributed by atoms with van der Waals surface area (Å²) in [7, 11) is 2.59. The minimum absolute atomic E-state index is 0.00111. The van der Waals surface area contributed by atoms with E-state index < -0.39 is 104 Å². The average molecular weight is 693 g/mol. The molecule has 17 nitrogen and oxygen atoms in total. The minimum atomic E-state index is -2.50. The van der Waals surface area contributed by atoms with E-state index in [4.69, 9.17) is 33.2 Å². The molecule has 11 atom stereocenters. The molecule has 2 bridgehead atoms. The number of benzene rings is 2. The molecule has 8 N–H and O–H groups in total. The summed E-state index contributed by atoms with van der Waals surface area (Å²) in [5.74, 6) is -8.01. The first kappa shape index (κ1) is 34.8. The number of phenolic OH excluding ortho intramolecular Hbond substituents is 2. The lowest BCUT2D eigenvalue weighted by Crippen LogP contribution is -2.63. The van der Waals surface area contributed by atoms with Gasteiger partial charge >= 0.3 is 11.9 Å². The summed E-state index contributed by atoms with van der Waals surface area (Å²) < 4.78 is 39.3. The number of methoxy groups -OCH3 is 2. The molecule has 266 valence electrons. The number of hydrogen-bond acceptors (Lipinski definition) is 17. The zero-order chi connectivity index (χ0) is 35.4. The van der Waals surface area contributed by atoms with Gasteiger partial charge < -0.3 is 74.0 Å². The Bertz CT molecular complexity index is 1610. The second kappa shape index (κ2) is 13.3. The van der Waals surface area contributed by atoms with Gasteiger partial charge in [-0.1, -0.05) is 12.1 Å². The number of carbonyl (C=O) groups is 2. The summed E-state index contributed by atoms with van der Waals surface area (Å²) in [6.45, 7) is -2.59. The second-order valence-corrected chi connectivity index (χ2v) is 12.0. The van der Waals surface area contributed by atoms with E-state index in [1.54, 1.807) is 0 Å². The van der Waals surface area contributed by atoms with Crippen LogP contribution in [-0.4, -0.2) is 142 Å². The fourth-order valence-corrected chi connectivity index (χ4v) is 6.75. The van der Waals surface area contributed by atoms with Crippen LogP contribution in [0.2, 0.25) is 0 Å². The van der Waals surface area contributed by atoms with Crippen molar-refractivity contribution in [1.29, 1.82) is 0 Å². The van der Waals surface area contributed by atoms with Crippen LogP contribution >= 0.6 is 0 Å². The van der Waals surface area contributed by atoms with Gasteiger partial charge in [-0.3, -0.25) is 4.79 Å². The van der Waals surface area contributed by atoms with Crippen molar-refractivity contribution in [2.75, 3.05) is 34.0 Å². The monoisotopic (exact) mass is 692 g/mol. The molecule has 3 aliphatic heterocycles. The Morgan fingerprint density at radius 3 is 2.27 bits per heavy atom. The zero-order valence-electron chi connectivity index (χ0n) is 26.1. The molecule has 3 heterocycles. The molecule has 3 saturated heterocycles. The largest absolute Gasteiger partial charge is 0.508 e. The molecule has 49 heavy (non-hydrogen) atoms. The van der Waals surface area contributed by atoms with E-state index in [1.165, 1.54) is 50.6 Å². The van der Waals surface area contributed by atoms with Crippen LogP contribution in [0.5, 0.6) is 23.0 Å². The molecule has 0 aromatic heterocycles. The van der Waals surface area contributed by atoms with E-state index in [0.29, 0.717) is 11.1 Å². The molecular weight excluding hydrogens is 656 g/mol. The van der Waals surface area contributed by atoms with Crippen molar-refractivity contribution < 1.29 is 83.6 Å². The number of aromatic hydroxyl groups is 2. The summed E-state index contributed by atoms with van der Waals surface area (Å²) in [4.78, 5) is 28.2. The molecule has 0 radical (unpaired) electrons. The van der Waals surface area contributed by atoms with Crippen LogP contribution in [0.4, 0.5) is 0 Å². The summed E-state index contributed by atoms with van der Waals surface area (Å²) >= 11 is 0. The summed E-state index contributed by atoms with van der Waals surface area (Å²) in [5.41, 5.74) is 0.693. The van der Waals surface area contributed by atoms with Crippen molar-refractivity contribution in [2.45, 2.75) is 60.7 Å². The Kier molecular flexibility index (Phi) is 9.48. The lowest BCUT2D eigenvalue weighted by Gasteiger charge is -2.43. The normalized spacial score (nSPS) is 35.7. The van der Waals surface area contributed by atoms with Gasteiger partial charge in [-0.15, -0.1) is 0 Å². The summed E-state index contributed by atoms with van der Waals surface area (Å²) in [6.07, 6.45) is -12.7. The van der Waals surface area contributed by atoms with Crippen LogP contribution in [0.25, 0.3) is 6.08 Å². The first-order chi connectivity index (χ1) is 23.4. The van der Waals surface area contributed by atoms with E-state index in [0.717, 1.165) is 0 Å². The van der Waals surface area contributed by atoms with Gasteiger partial charge in [-0.2, -0.15) is 0 Å². The second-order valence-electron chi connectivity index (χ2n) is 12.0. The highest BCUT2D eigenvalue weighted by molar-refractivity contribution is 6.02. The maximum Gasteiger partial charge on any atom is 0.335 e. The van der Waals surface area contributed by atoms with Crippen molar-refractivity contribution in [3.8, 4) is 23.0 Å². The molecule has 0 spiro atoms. The molecule has 2 aromatic rings. The third-order valence-corrected chi connectivity index (χ3v) is 9.23. The number of esters is 2.